The number of carbonyl (C=O) groups excluding carboxylic acids is 1. The van der Waals surface area contributed by atoms with Gasteiger partial charge < -0.3 is 5.32 Å². The molecule has 2 aromatic rings. The maximum Gasteiger partial charge on any atom is 0.224 e. The van der Waals surface area contributed by atoms with Crippen molar-refractivity contribution in [1.29, 1.82) is 5.26 Å². The van der Waals surface area contributed by atoms with Gasteiger partial charge in [-0.1, -0.05) is 24.6 Å². The molecule has 0 saturated heterocycles. The fourth-order valence-corrected chi connectivity index (χ4v) is 6.15. The van der Waals surface area contributed by atoms with Crippen molar-refractivity contribution in [3.05, 3.63) is 48.8 Å². The molecule has 1 aliphatic rings. The second kappa shape index (κ2) is 9.90. The number of nitrogens with one attached hydrogen (secondary N) is 1. The highest BCUT2D eigenvalue weighted by atomic mass is 32.2. The third kappa shape index (κ3) is 5.81. The summed E-state index contributed by atoms with van der Waals surface area (Å²) in [7, 11) is -3.50. The molecule has 2 atom stereocenters. The lowest BCUT2D eigenvalue weighted by atomic mass is 9.80. The van der Waals surface area contributed by atoms with E-state index in [1.165, 1.54) is 0 Å². The number of rotatable bonds is 7. The average molecular weight is 430 g/mol. The summed E-state index contributed by atoms with van der Waals surface area (Å²) in [6.45, 7) is -0.0502. The Hall–Kier alpha value is -2.37. The van der Waals surface area contributed by atoms with Crippen molar-refractivity contribution in [3.8, 4) is 6.07 Å². The van der Waals surface area contributed by atoms with Gasteiger partial charge in [-0.25, -0.2) is 8.42 Å². The van der Waals surface area contributed by atoms with Crippen LogP contribution in [0.25, 0.3) is 0 Å². The Bertz CT molecular complexity index is 970. The molecule has 8 heteroatoms. The van der Waals surface area contributed by atoms with E-state index in [-0.39, 0.29) is 34.9 Å². The van der Waals surface area contributed by atoms with E-state index < -0.39 is 9.84 Å². The molecule has 1 aromatic carbocycles. The van der Waals surface area contributed by atoms with Gasteiger partial charge in [0.25, 0.3) is 0 Å². The van der Waals surface area contributed by atoms with Crippen LogP contribution in [0.1, 0.15) is 25.7 Å². The zero-order valence-electron chi connectivity index (χ0n) is 16.0. The van der Waals surface area contributed by atoms with Crippen molar-refractivity contribution in [2.45, 2.75) is 40.4 Å². The van der Waals surface area contributed by atoms with Crippen molar-refractivity contribution in [2.75, 3.05) is 12.3 Å². The second-order valence-electron chi connectivity index (χ2n) is 7.06. The maximum atomic E-state index is 13.0. The van der Waals surface area contributed by atoms with Gasteiger partial charge in [-0.05, 0) is 55.2 Å². The molecule has 0 aliphatic heterocycles. The number of hydrogen-bond acceptors (Lipinski definition) is 6. The minimum absolute atomic E-state index is 0.0471. The molecule has 1 amide bonds. The topological polar surface area (TPSA) is 99.9 Å². The van der Waals surface area contributed by atoms with Crippen LogP contribution in [0.3, 0.4) is 0 Å². The van der Waals surface area contributed by atoms with Crippen molar-refractivity contribution in [3.63, 3.8) is 0 Å². The number of nitriles is 1. The summed E-state index contributed by atoms with van der Waals surface area (Å²) in [6, 6.07) is 12.6. The number of carbonyl (C=O) groups is 1. The molecule has 0 unspecified atom stereocenters. The van der Waals surface area contributed by atoms with Gasteiger partial charge in [0, 0.05) is 28.1 Å². The van der Waals surface area contributed by atoms with Gasteiger partial charge in [0.1, 0.15) is 6.54 Å². The molecule has 29 heavy (non-hydrogen) atoms. The lowest BCUT2D eigenvalue weighted by Crippen LogP contribution is -2.39. The highest BCUT2D eigenvalue weighted by Gasteiger charge is 2.34. The first-order valence-electron chi connectivity index (χ1n) is 9.55. The Morgan fingerprint density at radius 3 is 2.45 bits per heavy atom. The van der Waals surface area contributed by atoms with Gasteiger partial charge in [-0.15, -0.1) is 0 Å². The highest BCUT2D eigenvalue weighted by molar-refractivity contribution is 7.99. The smallest absolute Gasteiger partial charge is 0.224 e. The van der Waals surface area contributed by atoms with Crippen LogP contribution in [-0.4, -0.2) is 31.6 Å². The summed E-state index contributed by atoms with van der Waals surface area (Å²) in [4.78, 5) is 18.6. The molecule has 1 aromatic heterocycles. The number of sulfone groups is 1. The first kappa shape index (κ1) is 21.3. The van der Waals surface area contributed by atoms with Crippen LogP contribution in [0.15, 0.2) is 63.5 Å². The summed E-state index contributed by atoms with van der Waals surface area (Å²) in [6.07, 6.45) is 6.63. The van der Waals surface area contributed by atoms with E-state index in [9.17, 15) is 13.2 Å². The van der Waals surface area contributed by atoms with E-state index in [0.717, 1.165) is 22.6 Å². The average Bonchev–Trinajstić information content (AvgIpc) is 2.73. The van der Waals surface area contributed by atoms with Crippen molar-refractivity contribution < 1.29 is 13.2 Å². The fourth-order valence-electron chi connectivity index (χ4n) is 3.65. The summed E-state index contributed by atoms with van der Waals surface area (Å²) in [5, 5.41) is 11.3. The number of benzene rings is 1. The minimum Gasteiger partial charge on any atom is -0.343 e. The fraction of sp³-hybridized carbons (Fsp3) is 0.381. The second-order valence-corrected chi connectivity index (χ2v) is 10.2. The molecule has 1 N–H and O–H groups in total. The monoisotopic (exact) mass is 429 g/mol. The lowest BCUT2D eigenvalue weighted by Gasteiger charge is -2.30. The predicted octanol–water partition coefficient (Wildman–Crippen LogP) is 3.45. The van der Waals surface area contributed by atoms with E-state index in [4.69, 9.17) is 5.26 Å². The molecule has 1 fully saturated rings. The predicted molar refractivity (Wildman–Crippen MR) is 111 cm³/mol. The normalized spacial score (nSPS) is 19.3. The molecule has 6 nitrogen and oxygen atoms in total. The minimum atomic E-state index is -3.50. The number of aromatic nitrogens is 1. The molecule has 0 spiro atoms. The van der Waals surface area contributed by atoms with Crippen LogP contribution >= 0.6 is 11.8 Å². The van der Waals surface area contributed by atoms with Gasteiger partial charge in [0.15, 0.2) is 9.84 Å². The Kier molecular flexibility index (Phi) is 7.29. The number of pyridine rings is 1. The molecular formula is C21H23N3O3S2. The standard InChI is InChI=1S/C21H23N3O3S2/c22-11-14-24-21(25)20-4-2-1-3-16(20)15-29(26,27)19-7-5-17(6-8-19)28-18-9-12-23-13-10-18/h5-10,12-13,16,20H,1-4,14-15H2,(H,24,25)/t16-,20+/m0/s1. The van der Waals surface area contributed by atoms with Crippen molar-refractivity contribution >= 4 is 27.5 Å². The molecule has 1 aliphatic carbocycles. The number of hydrogen-bond donors (Lipinski definition) is 1. The summed E-state index contributed by atoms with van der Waals surface area (Å²) in [5.41, 5.74) is 0. The van der Waals surface area contributed by atoms with Crippen LogP contribution in [0.2, 0.25) is 0 Å². The van der Waals surface area contributed by atoms with Crippen LogP contribution in [-0.2, 0) is 14.6 Å². The summed E-state index contributed by atoms with van der Waals surface area (Å²) >= 11 is 1.54. The lowest BCUT2D eigenvalue weighted by molar-refractivity contribution is -0.127. The zero-order valence-corrected chi connectivity index (χ0v) is 17.6. The quantitative estimate of drug-likeness (QED) is 0.677. The Balaban J connectivity index is 1.69. The van der Waals surface area contributed by atoms with E-state index in [1.807, 2.05) is 18.2 Å². The van der Waals surface area contributed by atoms with E-state index in [2.05, 4.69) is 10.3 Å². The number of amides is 1. The van der Waals surface area contributed by atoms with Gasteiger partial charge >= 0.3 is 0 Å². The van der Waals surface area contributed by atoms with E-state index in [0.29, 0.717) is 12.8 Å². The highest BCUT2D eigenvalue weighted by Crippen LogP contribution is 2.33. The first-order valence-corrected chi connectivity index (χ1v) is 12.0. The SMILES string of the molecule is N#CCNC(=O)[C@@H]1CCCC[C@H]1CS(=O)(=O)c1ccc(Sc2ccncc2)cc1. The third-order valence-electron chi connectivity index (χ3n) is 5.09. The van der Waals surface area contributed by atoms with Gasteiger partial charge in [-0.3, -0.25) is 9.78 Å². The van der Waals surface area contributed by atoms with Crippen LogP contribution in [0.5, 0.6) is 0 Å². The third-order valence-corrected chi connectivity index (χ3v) is 7.96. The summed E-state index contributed by atoms with van der Waals surface area (Å²) < 4.78 is 25.9. The maximum absolute atomic E-state index is 13.0. The molecular weight excluding hydrogens is 406 g/mol. The molecule has 152 valence electrons. The van der Waals surface area contributed by atoms with E-state index >= 15 is 0 Å². The summed E-state index contributed by atoms with van der Waals surface area (Å²) in [5.74, 6) is -0.837. The van der Waals surface area contributed by atoms with Gasteiger partial charge in [-0.2, -0.15) is 5.26 Å². The Morgan fingerprint density at radius 1 is 1.10 bits per heavy atom. The van der Waals surface area contributed by atoms with Gasteiger partial charge in [0.2, 0.25) is 5.91 Å². The van der Waals surface area contributed by atoms with Crippen LogP contribution < -0.4 is 5.32 Å². The molecule has 1 heterocycles. The van der Waals surface area contributed by atoms with E-state index in [1.54, 1.807) is 48.4 Å². The van der Waals surface area contributed by atoms with Crippen LogP contribution in [0.4, 0.5) is 0 Å². The molecule has 1 saturated carbocycles. The Morgan fingerprint density at radius 2 is 1.76 bits per heavy atom. The zero-order chi connectivity index (χ0) is 20.7. The molecule has 0 bridgehead atoms. The molecule has 3 rings (SSSR count). The Labute approximate surface area is 175 Å². The molecule has 0 radical (unpaired) electrons. The van der Waals surface area contributed by atoms with Gasteiger partial charge in [0.05, 0.1) is 16.7 Å². The van der Waals surface area contributed by atoms with Crippen molar-refractivity contribution in [1.82, 2.24) is 10.3 Å². The largest absolute Gasteiger partial charge is 0.343 e. The number of nitrogens with zero attached hydrogens (tertiary/aromatic N) is 2. The van der Waals surface area contributed by atoms with Crippen LogP contribution in [0, 0.1) is 23.2 Å². The first-order chi connectivity index (χ1) is 14.0. The van der Waals surface area contributed by atoms with Crippen molar-refractivity contribution in [2.24, 2.45) is 11.8 Å².